The van der Waals surface area contributed by atoms with E-state index in [0.717, 1.165) is 102 Å². The number of hydrogen-bond acceptors (Lipinski definition) is 3. The molecule has 0 bridgehead atoms. The summed E-state index contributed by atoms with van der Waals surface area (Å²) in [4.78, 5) is 0. The first-order valence-corrected chi connectivity index (χ1v) is 38.5. The number of alkyl halides is 9. The van der Waals surface area contributed by atoms with Crippen LogP contribution in [0, 0.1) is 41.4 Å². The Bertz CT molecular complexity index is 5190. The van der Waals surface area contributed by atoms with Gasteiger partial charge in [0.1, 0.15) is 16.6 Å². The molecule has 0 saturated heterocycles. The van der Waals surface area contributed by atoms with Gasteiger partial charge in [-0.05, 0) is 156 Å². The summed E-state index contributed by atoms with van der Waals surface area (Å²) in [7, 11) is 0. The number of rotatable bonds is 15. The Morgan fingerprint density at radius 1 is 0.416 bits per heavy atom. The molecule has 1 aliphatic heterocycles. The van der Waals surface area contributed by atoms with E-state index < -0.39 is 62.7 Å². The summed E-state index contributed by atoms with van der Waals surface area (Å²) < 4.78 is 136. The Labute approximate surface area is 666 Å². The number of hydrogen-bond donors (Lipinski definition) is 3. The van der Waals surface area contributed by atoms with Gasteiger partial charge in [0.05, 0.1) is 16.5 Å². The molecule has 3 N–H and O–H groups in total. The normalized spacial score (nSPS) is 17.4. The zero-order chi connectivity index (χ0) is 79.0. The van der Waals surface area contributed by atoms with Crippen molar-refractivity contribution in [3.63, 3.8) is 0 Å². The minimum atomic E-state index is -5.06. The molecule has 0 radical (unpaired) electrons. The highest BCUT2D eigenvalue weighted by molar-refractivity contribution is 6.31. The summed E-state index contributed by atoms with van der Waals surface area (Å²) in [5.74, 6) is 10.2. The SMILES string of the molecule is CC(C#CC1CC1)(c1cc(Cl)ccc1NC(c1ccccc1)(c1ccccc1)c1ccccc1)C(F)(F)F.FC(F)(F)c1c2n(c3ccc(Cl)cc13)C(c1ccccc1)(c1ccccc1)C1=CC=CC=CC12C1CC1.OC(C#CC1CC1)(c1cc(Cl)ccc1NC(c1ccccc1)(c1ccccc1)c1ccccc1)C(F)(F)F. The molecule has 113 heavy (non-hydrogen) atoms. The van der Waals surface area contributed by atoms with Gasteiger partial charge in [0, 0.05) is 60.5 Å². The fraction of sp³-hybridized carbons (Fsp3) is 0.196. The topological polar surface area (TPSA) is 49.2 Å². The quantitative estimate of drug-likeness (QED) is 0.0545. The summed E-state index contributed by atoms with van der Waals surface area (Å²) in [5, 5.41) is 19.0. The van der Waals surface area contributed by atoms with Crippen LogP contribution in [-0.4, -0.2) is 22.0 Å². The number of aromatic nitrogens is 1. The molecule has 0 amide bonds. The monoisotopic (exact) mass is 1570 g/mol. The maximum Gasteiger partial charge on any atom is 0.433 e. The maximum atomic E-state index is 15.2. The average molecular weight is 1580 g/mol. The number of nitrogens with zero attached hydrogens (tertiary/aromatic N) is 1. The molecule has 17 rings (SSSR count). The van der Waals surface area contributed by atoms with Crippen LogP contribution in [0.3, 0.4) is 0 Å². The Balaban J connectivity index is 0.000000134. The van der Waals surface area contributed by atoms with Gasteiger partial charge in [0.15, 0.2) is 5.41 Å². The van der Waals surface area contributed by atoms with Crippen molar-refractivity contribution in [3.05, 3.63) is 415 Å². The van der Waals surface area contributed by atoms with Crippen LogP contribution >= 0.6 is 34.8 Å². The van der Waals surface area contributed by atoms with Gasteiger partial charge in [-0.2, -0.15) is 39.5 Å². The molecule has 568 valence electrons. The van der Waals surface area contributed by atoms with Crippen molar-refractivity contribution in [2.45, 2.75) is 97.0 Å². The Hall–Kier alpha value is -10.9. The second kappa shape index (κ2) is 30.9. The fourth-order valence-electron chi connectivity index (χ4n) is 16.3. The van der Waals surface area contributed by atoms with Crippen molar-refractivity contribution in [1.29, 1.82) is 0 Å². The smallest absolute Gasteiger partial charge is 0.368 e. The second-order valence-electron chi connectivity index (χ2n) is 29.4. The molecule has 12 aromatic rings. The van der Waals surface area contributed by atoms with Crippen molar-refractivity contribution >= 4 is 57.1 Å². The van der Waals surface area contributed by atoms with E-state index in [1.165, 1.54) is 24.3 Å². The molecule has 16 heteroatoms. The van der Waals surface area contributed by atoms with Gasteiger partial charge in [0.25, 0.3) is 0 Å². The third-order valence-corrected chi connectivity index (χ3v) is 22.8. The number of anilines is 2. The lowest BCUT2D eigenvalue weighted by Gasteiger charge is -2.40. The first-order valence-electron chi connectivity index (χ1n) is 37.4. The largest absolute Gasteiger partial charge is 0.433 e. The molecule has 5 aliphatic rings. The number of aliphatic hydroxyl groups is 1. The average Bonchev–Trinajstić information content (AvgIpc) is 1.48. The van der Waals surface area contributed by atoms with Gasteiger partial charge in [-0.1, -0.05) is 332 Å². The van der Waals surface area contributed by atoms with Gasteiger partial charge < -0.3 is 20.3 Å². The summed E-state index contributed by atoms with van der Waals surface area (Å²) in [6, 6.07) is 91.3. The van der Waals surface area contributed by atoms with Gasteiger partial charge in [-0.15, -0.1) is 0 Å². The second-order valence-corrected chi connectivity index (χ2v) is 30.7. The van der Waals surface area contributed by atoms with Crippen LogP contribution < -0.4 is 10.6 Å². The molecule has 3 saturated carbocycles. The van der Waals surface area contributed by atoms with Gasteiger partial charge >= 0.3 is 18.5 Å². The van der Waals surface area contributed by atoms with Crippen molar-refractivity contribution in [3.8, 4) is 23.7 Å². The van der Waals surface area contributed by atoms with Crippen LogP contribution in [0.4, 0.5) is 50.9 Å². The maximum absolute atomic E-state index is 15.2. The van der Waals surface area contributed by atoms with E-state index >= 15 is 13.2 Å². The number of fused-ring (bicyclic) bond motifs is 5. The number of allylic oxidation sites excluding steroid dienone is 6. The zero-order valence-electron chi connectivity index (χ0n) is 61.1. The van der Waals surface area contributed by atoms with E-state index in [4.69, 9.17) is 34.8 Å². The summed E-state index contributed by atoms with van der Waals surface area (Å²) in [5.41, 5.74) is -1.74. The lowest BCUT2D eigenvalue weighted by atomic mass is 9.64. The summed E-state index contributed by atoms with van der Waals surface area (Å²) in [6.45, 7) is 1.15. The van der Waals surface area contributed by atoms with E-state index in [0.29, 0.717) is 21.9 Å². The highest BCUT2D eigenvalue weighted by Crippen LogP contribution is 2.68. The van der Waals surface area contributed by atoms with Crippen molar-refractivity contribution in [2.24, 2.45) is 17.8 Å². The molecule has 4 aliphatic carbocycles. The minimum Gasteiger partial charge on any atom is -0.368 e. The molecule has 3 atom stereocenters. The summed E-state index contributed by atoms with van der Waals surface area (Å²) in [6.07, 6.45) is 0.516. The lowest BCUT2D eigenvalue weighted by Crippen LogP contribution is -2.43. The first-order chi connectivity index (χ1) is 54.4. The molecule has 3 unspecified atom stereocenters. The molecule has 11 aromatic carbocycles. The van der Waals surface area contributed by atoms with E-state index in [-0.39, 0.29) is 44.4 Å². The molecular formula is C97H75Cl3F9N3O. The fourth-order valence-corrected chi connectivity index (χ4v) is 16.8. The van der Waals surface area contributed by atoms with Crippen molar-refractivity contribution < 1.29 is 44.6 Å². The molecule has 3 fully saturated rings. The van der Waals surface area contributed by atoms with Crippen molar-refractivity contribution in [1.82, 2.24) is 4.57 Å². The van der Waals surface area contributed by atoms with E-state index in [1.54, 1.807) is 24.3 Å². The van der Waals surface area contributed by atoms with E-state index in [1.807, 2.05) is 272 Å². The summed E-state index contributed by atoms with van der Waals surface area (Å²) >= 11 is 18.9. The highest BCUT2D eigenvalue weighted by atomic mass is 35.5. The predicted molar refractivity (Wildman–Crippen MR) is 435 cm³/mol. The Morgan fingerprint density at radius 3 is 1.17 bits per heavy atom. The molecule has 0 spiro atoms. The van der Waals surface area contributed by atoms with Crippen LogP contribution in [0.25, 0.3) is 10.9 Å². The Kier molecular flexibility index (Phi) is 21.2. The minimum absolute atomic E-state index is 0.00202. The van der Waals surface area contributed by atoms with Crippen LogP contribution in [0.2, 0.25) is 15.1 Å². The van der Waals surface area contributed by atoms with Gasteiger partial charge in [-0.3, -0.25) is 0 Å². The third kappa shape index (κ3) is 14.5. The standard InChI is InChI=1S/C33H27ClF3N.C32H25ClF3NO.C32H23ClF3N/c1-31(33(35,36)37,22-21-24-17-18-24)29-23-28(34)19-20-30(29)38-32(25-11-5-2-6-12-25,26-13-7-3-8-14-26)27-15-9-4-10-16-27;33-27-18-19-29(28(22-27)30(38,32(34,35)36)21-20-23-16-17-23)37-31(24-10-4-1-5-11-24,25-12-6-2-7-13-25)26-14-8-3-9-15-26;33-24-17-18-26-25(20-24)28(32(34,35)36)29-30(21-15-16-21)19-9-3-8-14-27(30)31(37(26)29,22-10-4-1-5-11-22)23-12-6-2-7-13-23/h2-16,19-20,23-24,38H,17-18H2,1H3;1-15,18-19,22-23,37-38H,16-17H2;1-14,17-21H,15-16H2. The molecule has 4 nitrogen and oxygen atoms in total. The van der Waals surface area contributed by atoms with Crippen molar-refractivity contribution in [2.75, 3.05) is 10.6 Å². The molecular weight excluding hydrogens is 1500 g/mol. The first kappa shape index (κ1) is 77.4. The van der Waals surface area contributed by atoms with Crippen LogP contribution in [0.5, 0.6) is 0 Å². The molecule has 1 aromatic heterocycles. The predicted octanol–water partition coefficient (Wildman–Crippen LogP) is 25.7. The van der Waals surface area contributed by atoms with Crippen LogP contribution in [0.15, 0.2) is 333 Å². The van der Waals surface area contributed by atoms with E-state index in [2.05, 4.69) is 40.4 Å². The Morgan fingerprint density at radius 2 is 0.788 bits per heavy atom. The number of nitrogens with one attached hydrogen (secondary N) is 2. The van der Waals surface area contributed by atoms with Crippen LogP contribution in [0.1, 0.15) is 112 Å². The van der Waals surface area contributed by atoms with Gasteiger partial charge in [0.2, 0.25) is 5.60 Å². The van der Waals surface area contributed by atoms with Gasteiger partial charge in [-0.25, -0.2) is 0 Å². The molecule has 2 heterocycles. The zero-order valence-corrected chi connectivity index (χ0v) is 63.3. The van der Waals surface area contributed by atoms with Crippen LogP contribution in [-0.2, 0) is 39.2 Å². The number of benzene rings is 11. The highest BCUT2D eigenvalue weighted by Gasteiger charge is 2.66. The lowest BCUT2D eigenvalue weighted by molar-refractivity contribution is -0.240. The third-order valence-electron chi connectivity index (χ3n) is 22.1. The van der Waals surface area contributed by atoms with E-state index in [9.17, 15) is 31.4 Å². The number of halogens is 12.